The molecule has 2 heterocycles. The summed E-state index contributed by atoms with van der Waals surface area (Å²) in [5.74, 6) is 0.193. The van der Waals surface area contributed by atoms with E-state index in [0.29, 0.717) is 45.6 Å². The third kappa shape index (κ3) is 4.20. The van der Waals surface area contributed by atoms with Crippen LogP contribution in [0.15, 0.2) is 72.8 Å². The fraction of sp³-hybridized carbons (Fsp3) is 0.0417. The number of benzene rings is 3. The quantitative estimate of drug-likeness (QED) is 0.317. The molecule has 0 unspecified atom stereocenters. The molecule has 2 aromatic heterocycles. The molecule has 33 heavy (non-hydrogen) atoms. The van der Waals surface area contributed by atoms with Gasteiger partial charge in [-0.05, 0) is 48.0 Å². The molecule has 6 nitrogen and oxygen atoms in total. The minimum absolute atomic E-state index is 0.0123. The van der Waals surface area contributed by atoms with E-state index in [1.807, 2.05) is 30.3 Å². The highest BCUT2D eigenvalue weighted by molar-refractivity contribution is 6.31. The van der Waals surface area contributed by atoms with E-state index in [1.165, 1.54) is 12.1 Å². The summed E-state index contributed by atoms with van der Waals surface area (Å²) in [6.45, 7) is 0.517. The molecule has 3 aromatic carbocycles. The smallest absolute Gasteiger partial charge is 0.225 e. The minimum atomic E-state index is -0.516. The molecule has 0 amide bonds. The maximum absolute atomic E-state index is 13.8. The number of anilines is 2. The Morgan fingerprint density at radius 2 is 1.70 bits per heavy atom. The summed E-state index contributed by atoms with van der Waals surface area (Å²) in [6, 6.07) is 21.4. The summed E-state index contributed by atoms with van der Waals surface area (Å²) in [5, 5.41) is 8.96. The van der Waals surface area contributed by atoms with Crippen LogP contribution in [-0.2, 0) is 6.54 Å². The monoisotopic (exact) mass is 478 g/mol. The zero-order valence-corrected chi connectivity index (χ0v) is 18.6. The summed E-state index contributed by atoms with van der Waals surface area (Å²) in [5.41, 5.74) is 9.76. The molecule has 0 aliphatic heterocycles. The van der Waals surface area contributed by atoms with Crippen molar-refractivity contribution >= 4 is 46.0 Å². The van der Waals surface area contributed by atoms with Crippen molar-refractivity contribution in [1.82, 2.24) is 19.7 Å². The second-order valence-corrected chi connectivity index (χ2v) is 8.18. The Labute approximate surface area is 198 Å². The van der Waals surface area contributed by atoms with Crippen molar-refractivity contribution in [3.8, 4) is 16.9 Å². The first-order valence-corrected chi connectivity index (χ1v) is 10.8. The summed E-state index contributed by atoms with van der Waals surface area (Å²) in [7, 11) is 0. The maximum Gasteiger partial charge on any atom is 0.225 e. The Balaban J connectivity index is 1.66. The Hall–Kier alpha value is -3.68. The van der Waals surface area contributed by atoms with Gasteiger partial charge in [-0.1, -0.05) is 53.5 Å². The van der Waals surface area contributed by atoms with Crippen molar-refractivity contribution in [2.75, 3.05) is 11.1 Å². The van der Waals surface area contributed by atoms with Crippen LogP contribution in [0.25, 0.3) is 28.0 Å². The molecule has 9 heteroatoms. The van der Waals surface area contributed by atoms with Gasteiger partial charge in [0.15, 0.2) is 5.65 Å². The molecule has 0 saturated heterocycles. The topological polar surface area (TPSA) is 81.7 Å². The second-order valence-electron chi connectivity index (χ2n) is 7.34. The van der Waals surface area contributed by atoms with Crippen molar-refractivity contribution in [1.29, 1.82) is 0 Å². The van der Waals surface area contributed by atoms with Gasteiger partial charge in [0, 0.05) is 17.1 Å². The van der Waals surface area contributed by atoms with E-state index in [4.69, 9.17) is 28.9 Å². The Morgan fingerprint density at radius 1 is 0.939 bits per heavy atom. The van der Waals surface area contributed by atoms with E-state index >= 15 is 0 Å². The van der Waals surface area contributed by atoms with Crippen LogP contribution in [0.3, 0.4) is 0 Å². The standard InChI is InChI=1S/C24H17Cl2FN6/c25-16-7-9-17(10-8-16)33-22(28)20-21(15-6-11-19(27)18(26)12-15)30-24(31-23(20)32-33)29-13-14-4-2-1-3-5-14/h1-12H,13,28H2,(H,29,31,32). The number of halogens is 3. The molecule has 0 spiro atoms. The van der Waals surface area contributed by atoms with Crippen molar-refractivity contribution in [2.24, 2.45) is 0 Å². The Morgan fingerprint density at radius 3 is 2.42 bits per heavy atom. The summed E-state index contributed by atoms with van der Waals surface area (Å²) < 4.78 is 15.4. The molecule has 0 atom stereocenters. The molecule has 5 rings (SSSR count). The number of hydrogen-bond donors (Lipinski definition) is 2. The molecule has 164 valence electrons. The van der Waals surface area contributed by atoms with Crippen LogP contribution in [0, 0.1) is 5.82 Å². The molecule has 0 aliphatic rings. The number of fused-ring (bicyclic) bond motifs is 1. The van der Waals surface area contributed by atoms with E-state index < -0.39 is 5.82 Å². The molecule has 0 radical (unpaired) electrons. The highest BCUT2D eigenvalue weighted by Gasteiger charge is 2.20. The van der Waals surface area contributed by atoms with E-state index in [-0.39, 0.29) is 5.02 Å². The largest absolute Gasteiger partial charge is 0.383 e. The average Bonchev–Trinajstić information content (AvgIpc) is 3.16. The zero-order valence-electron chi connectivity index (χ0n) is 17.1. The first kappa shape index (κ1) is 21.2. The lowest BCUT2D eigenvalue weighted by atomic mass is 10.1. The van der Waals surface area contributed by atoms with E-state index in [0.717, 1.165) is 11.3 Å². The first-order valence-electron chi connectivity index (χ1n) is 10.0. The number of nitrogens with two attached hydrogens (primary N) is 1. The highest BCUT2D eigenvalue weighted by Crippen LogP contribution is 2.34. The lowest BCUT2D eigenvalue weighted by molar-refractivity contribution is 0.628. The number of nitrogens with one attached hydrogen (secondary N) is 1. The Bertz CT molecular complexity index is 1450. The molecule has 0 fully saturated rings. The van der Waals surface area contributed by atoms with Crippen molar-refractivity contribution < 1.29 is 4.39 Å². The van der Waals surface area contributed by atoms with Crippen molar-refractivity contribution in [3.63, 3.8) is 0 Å². The van der Waals surface area contributed by atoms with Crippen LogP contribution in [0.2, 0.25) is 10.0 Å². The second kappa shape index (κ2) is 8.69. The fourth-order valence-corrected chi connectivity index (χ4v) is 3.81. The van der Waals surface area contributed by atoms with Crippen LogP contribution < -0.4 is 11.1 Å². The number of aromatic nitrogens is 4. The average molecular weight is 479 g/mol. The Kier molecular flexibility index (Phi) is 5.58. The van der Waals surface area contributed by atoms with Gasteiger partial charge in [-0.15, -0.1) is 5.10 Å². The van der Waals surface area contributed by atoms with Gasteiger partial charge in [-0.2, -0.15) is 4.98 Å². The molecular weight excluding hydrogens is 462 g/mol. The highest BCUT2D eigenvalue weighted by atomic mass is 35.5. The number of nitrogens with zero attached hydrogens (tertiary/aromatic N) is 4. The molecule has 0 saturated carbocycles. The molecule has 3 N–H and O–H groups in total. The normalized spacial score (nSPS) is 11.1. The van der Waals surface area contributed by atoms with Gasteiger partial charge in [0.25, 0.3) is 0 Å². The molecule has 0 aliphatic carbocycles. The molecular formula is C24H17Cl2FN6. The predicted octanol–water partition coefficient (Wildman–Crippen LogP) is 6.12. The van der Waals surface area contributed by atoms with E-state index in [1.54, 1.807) is 35.0 Å². The van der Waals surface area contributed by atoms with Gasteiger partial charge in [0.1, 0.15) is 11.6 Å². The third-order valence-corrected chi connectivity index (χ3v) is 5.67. The lowest BCUT2D eigenvalue weighted by Crippen LogP contribution is -2.05. The number of nitrogen functional groups attached to an aromatic ring is 1. The number of hydrogen-bond acceptors (Lipinski definition) is 5. The van der Waals surface area contributed by atoms with Gasteiger partial charge in [0.2, 0.25) is 5.95 Å². The first-order chi connectivity index (χ1) is 16.0. The zero-order chi connectivity index (χ0) is 22.9. The number of rotatable bonds is 5. The van der Waals surface area contributed by atoms with Gasteiger partial charge in [-0.25, -0.2) is 14.1 Å². The van der Waals surface area contributed by atoms with Gasteiger partial charge < -0.3 is 11.1 Å². The molecule has 5 aromatic rings. The lowest BCUT2D eigenvalue weighted by Gasteiger charge is -2.09. The van der Waals surface area contributed by atoms with Crippen molar-refractivity contribution in [2.45, 2.75) is 6.54 Å². The van der Waals surface area contributed by atoms with E-state index in [9.17, 15) is 4.39 Å². The van der Waals surface area contributed by atoms with Crippen LogP contribution in [0.5, 0.6) is 0 Å². The van der Waals surface area contributed by atoms with E-state index in [2.05, 4.69) is 20.4 Å². The fourth-order valence-electron chi connectivity index (χ4n) is 3.50. The van der Waals surface area contributed by atoms with Gasteiger partial charge >= 0.3 is 0 Å². The van der Waals surface area contributed by atoms with Crippen LogP contribution in [-0.4, -0.2) is 19.7 Å². The van der Waals surface area contributed by atoms with Crippen LogP contribution in [0.4, 0.5) is 16.2 Å². The maximum atomic E-state index is 13.8. The minimum Gasteiger partial charge on any atom is -0.383 e. The summed E-state index contributed by atoms with van der Waals surface area (Å²) >= 11 is 12.1. The van der Waals surface area contributed by atoms with Crippen LogP contribution >= 0.6 is 23.2 Å². The predicted molar refractivity (Wildman–Crippen MR) is 130 cm³/mol. The summed E-state index contributed by atoms with van der Waals surface area (Å²) in [6.07, 6.45) is 0. The third-order valence-electron chi connectivity index (χ3n) is 5.13. The van der Waals surface area contributed by atoms with Gasteiger partial charge in [0.05, 0.1) is 21.8 Å². The summed E-state index contributed by atoms with van der Waals surface area (Å²) in [4.78, 5) is 9.25. The molecule has 0 bridgehead atoms. The van der Waals surface area contributed by atoms with Crippen molar-refractivity contribution in [3.05, 3.63) is 94.2 Å². The van der Waals surface area contributed by atoms with Gasteiger partial charge in [-0.3, -0.25) is 0 Å². The van der Waals surface area contributed by atoms with Crippen LogP contribution in [0.1, 0.15) is 5.56 Å². The SMILES string of the molecule is Nc1c2c(-c3ccc(F)c(Cl)c3)nc(NCc3ccccc3)nc2nn1-c1ccc(Cl)cc1.